The largest absolute Gasteiger partial charge is 0.480 e. The van der Waals surface area contributed by atoms with Gasteiger partial charge in [0.25, 0.3) is 0 Å². The second-order valence-electron chi connectivity index (χ2n) is 5.58. The number of likely N-dealkylation sites (N-methyl/N-ethyl adjacent to an activating group) is 1. The summed E-state index contributed by atoms with van der Waals surface area (Å²) in [7, 11) is 3.63. The molecule has 0 aliphatic heterocycles. The average Bonchev–Trinajstić information content (AvgIpc) is 2.61. The molecule has 6 heteroatoms. The number of hydrogen-bond acceptors (Lipinski definition) is 6. The van der Waals surface area contributed by atoms with Crippen LogP contribution in [0.2, 0.25) is 0 Å². The Balaban J connectivity index is 1.94. The Hall–Kier alpha value is -2.47. The van der Waals surface area contributed by atoms with Crippen LogP contribution in [0, 0.1) is 0 Å². The molecule has 0 aliphatic rings. The molecule has 1 unspecified atom stereocenters. The Labute approximate surface area is 143 Å². The van der Waals surface area contributed by atoms with Crippen LogP contribution in [-0.4, -0.2) is 46.9 Å². The van der Waals surface area contributed by atoms with Crippen LogP contribution < -0.4 is 9.47 Å². The summed E-state index contributed by atoms with van der Waals surface area (Å²) in [6.45, 7) is 5.38. The molecule has 0 fully saturated rings. The van der Waals surface area contributed by atoms with Crippen LogP contribution in [0.15, 0.2) is 49.3 Å². The van der Waals surface area contributed by atoms with Gasteiger partial charge in [0.2, 0.25) is 11.8 Å². The van der Waals surface area contributed by atoms with Gasteiger partial charge < -0.3 is 9.47 Å². The zero-order valence-corrected chi connectivity index (χ0v) is 14.3. The molecule has 128 valence electrons. The summed E-state index contributed by atoms with van der Waals surface area (Å²) < 4.78 is 11.0. The zero-order chi connectivity index (χ0) is 17.2. The average molecular weight is 328 g/mol. The highest BCUT2D eigenvalue weighted by molar-refractivity contribution is 5.15. The molecule has 0 amide bonds. The number of ether oxygens (including phenoxy) is 2. The lowest BCUT2D eigenvalue weighted by Crippen LogP contribution is -2.33. The standard InChI is InChI=1S/C18H24N4O2/c1-4-5-8-16(24-18-10-9-17(23-3)20-21-18)14-22(2)13-15-7-6-11-19-12-15/h4,6-7,9-12,16H,1,5,8,13-14H2,2-3H3. The van der Waals surface area contributed by atoms with E-state index in [2.05, 4.69) is 39.8 Å². The van der Waals surface area contributed by atoms with Crippen LogP contribution in [0.3, 0.4) is 0 Å². The van der Waals surface area contributed by atoms with Crippen molar-refractivity contribution in [2.24, 2.45) is 0 Å². The van der Waals surface area contributed by atoms with E-state index in [-0.39, 0.29) is 6.10 Å². The predicted octanol–water partition coefficient (Wildman–Crippen LogP) is 2.73. The molecule has 0 saturated heterocycles. The summed E-state index contributed by atoms with van der Waals surface area (Å²) in [6, 6.07) is 7.53. The number of hydrogen-bond donors (Lipinski definition) is 0. The van der Waals surface area contributed by atoms with Gasteiger partial charge in [-0.2, -0.15) is 0 Å². The molecule has 2 heterocycles. The van der Waals surface area contributed by atoms with Crippen LogP contribution in [-0.2, 0) is 6.54 Å². The molecule has 0 bridgehead atoms. The first-order valence-corrected chi connectivity index (χ1v) is 7.94. The van der Waals surface area contributed by atoms with Crippen molar-refractivity contribution < 1.29 is 9.47 Å². The fourth-order valence-electron chi connectivity index (χ4n) is 2.36. The summed E-state index contributed by atoms with van der Waals surface area (Å²) in [5.41, 5.74) is 1.17. The minimum absolute atomic E-state index is 0.00682. The molecule has 2 rings (SSSR count). The van der Waals surface area contributed by atoms with Crippen molar-refractivity contribution in [3.63, 3.8) is 0 Å². The van der Waals surface area contributed by atoms with Gasteiger partial charge in [-0.1, -0.05) is 12.1 Å². The van der Waals surface area contributed by atoms with Gasteiger partial charge in [-0.15, -0.1) is 16.8 Å². The minimum Gasteiger partial charge on any atom is -0.480 e. The van der Waals surface area contributed by atoms with E-state index in [1.807, 2.05) is 18.3 Å². The molecule has 6 nitrogen and oxygen atoms in total. The minimum atomic E-state index is 0.00682. The van der Waals surface area contributed by atoms with E-state index in [0.717, 1.165) is 25.9 Å². The van der Waals surface area contributed by atoms with E-state index in [1.165, 1.54) is 5.56 Å². The van der Waals surface area contributed by atoms with Gasteiger partial charge in [0.05, 0.1) is 7.11 Å². The maximum Gasteiger partial charge on any atom is 0.233 e. The lowest BCUT2D eigenvalue weighted by Gasteiger charge is -2.24. The third-order valence-corrected chi connectivity index (χ3v) is 3.50. The van der Waals surface area contributed by atoms with Gasteiger partial charge in [0.1, 0.15) is 6.10 Å². The van der Waals surface area contributed by atoms with Crippen molar-refractivity contribution in [1.82, 2.24) is 20.1 Å². The van der Waals surface area contributed by atoms with Crippen molar-refractivity contribution in [1.29, 1.82) is 0 Å². The molecule has 24 heavy (non-hydrogen) atoms. The van der Waals surface area contributed by atoms with Gasteiger partial charge >= 0.3 is 0 Å². The zero-order valence-electron chi connectivity index (χ0n) is 14.3. The maximum atomic E-state index is 5.99. The smallest absolute Gasteiger partial charge is 0.233 e. The normalized spacial score (nSPS) is 12.0. The highest BCUT2D eigenvalue weighted by atomic mass is 16.5. The number of rotatable bonds is 10. The first kappa shape index (κ1) is 17.9. The molecule has 0 radical (unpaired) electrons. The van der Waals surface area contributed by atoms with Crippen molar-refractivity contribution in [3.05, 3.63) is 54.9 Å². The summed E-state index contributed by atoms with van der Waals surface area (Å²) in [6.07, 6.45) is 7.32. The van der Waals surface area contributed by atoms with Gasteiger partial charge in [0, 0.05) is 37.6 Å². The van der Waals surface area contributed by atoms with Gasteiger partial charge in [0.15, 0.2) is 0 Å². The molecule has 2 aromatic rings. The quantitative estimate of drug-likeness (QED) is 0.625. The van der Waals surface area contributed by atoms with Crippen molar-refractivity contribution in [3.8, 4) is 11.8 Å². The molecule has 0 saturated carbocycles. The molecule has 2 aromatic heterocycles. The van der Waals surface area contributed by atoms with Gasteiger partial charge in [-0.25, -0.2) is 0 Å². The van der Waals surface area contributed by atoms with Crippen molar-refractivity contribution in [2.75, 3.05) is 20.7 Å². The van der Waals surface area contributed by atoms with Crippen molar-refractivity contribution in [2.45, 2.75) is 25.5 Å². The molecule has 0 N–H and O–H groups in total. The fourth-order valence-corrected chi connectivity index (χ4v) is 2.36. The van der Waals surface area contributed by atoms with Crippen LogP contribution in [0.4, 0.5) is 0 Å². The first-order valence-electron chi connectivity index (χ1n) is 7.94. The van der Waals surface area contributed by atoms with Gasteiger partial charge in [-0.05, 0) is 31.5 Å². The fraction of sp³-hybridized carbons (Fsp3) is 0.389. The Kier molecular flexibility index (Phi) is 7.17. The van der Waals surface area contributed by atoms with E-state index in [9.17, 15) is 0 Å². The summed E-state index contributed by atoms with van der Waals surface area (Å²) in [5.74, 6) is 0.971. The Bertz CT molecular complexity index is 604. The van der Waals surface area contributed by atoms with E-state index in [0.29, 0.717) is 11.8 Å². The van der Waals surface area contributed by atoms with Gasteiger partial charge in [-0.3, -0.25) is 9.88 Å². The second-order valence-corrected chi connectivity index (χ2v) is 5.58. The first-order chi connectivity index (χ1) is 11.7. The van der Waals surface area contributed by atoms with E-state index in [1.54, 1.807) is 25.4 Å². The van der Waals surface area contributed by atoms with Crippen LogP contribution >= 0.6 is 0 Å². The lowest BCUT2D eigenvalue weighted by molar-refractivity contribution is 0.130. The highest BCUT2D eigenvalue weighted by Crippen LogP contribution is 2.15. The monoisotopic (exact) mass is 328 g/mol. The third-order valence-electron chi connectivity index (χ3n) is 3.50. The van der Waals surface area contributed by atoms with E-state index >= 15 is 0 Å². The molecule has 0 aliphatic carbocycles. The number of aromatic nitrogens is 3. The maximum absolute atomic E-state index is 5.99. The SMILES string of the molecule is C=CCCC(CN(C)Cc1cccnc1)Oc1ccc(OC)nn1. The molecule has 1 atom stereocenters. The molecule has 0 spiro atoms. The lowest BCUT2D eigenvalue weighted by atomic mass is 10.1. The third kappa shape index (κ3) is 5.96. The van der Waals surface area contributed by atoms with Crippen LogP contribution in [0.5, 0.6) is 11.8 Å². The van der Waals surface area contributed by atoms with E-state index in [4.69, 9.17) is 9.47 Å². The number of nitrogens with zero attached hydrogens (tertiary/aromatic N) is 4. The number of methoxy groups -OCH3 is 1. The predicted molar refractivity (Wildman–Crippen MR) is 93.0 cm³/mol. The summed E-state index contributed by atoms with van der Waals surface area (Å²) in [4.78, 5) is 6.36. The molecular weight excluding hydrogens is 304 g/mol. The highest BCUT2D eigenvalue weighted by Gasteiger charge is 2.14. The topological polar surface area (TPSA) is 60.4 Å². The molecular formula is C18H24N4O2. The van der Waals surface area contributed by atoms with Crippen LogP contribution in [0.1, 0.15) is 18.4 Å². The molecule has 0 aromatic carbocycles. The Morgan fingerprint density at radius 2 is 2.04 bits per heavy atom. The Morgan fingerprint density at radius 1 is 1.25 bits per heavy atom. The van der Waals surface area contributed by atoms with Crippen molar-refractivity contribution >= 4 is 0 Å². The number of allylic oxidation sites excluding steroid dienone is 1. The van der Waals surface area contributed by atoms with Crippen LogP contribution in [0.25, 0.3) is 0 Å². The second kappa shape index (κ2) is 9.62. The van der Waals surface area contributed by atoms with E-state index < -0.39 is 0 Å². The number of pyridine rings is 1. The summed E-state index contributed by atoms with van der Waals surface area (Å²) in [5, 5.41) is 7.98. The Morgan fingerprint density at radius 3 is 2.67 bits per heavy atom. The summed E-state index contributed by atoms with van der Waals surface area (Å²) >= 11 is 0.